The zero-order chi connectivity index (χ0) is 15.2. The zero-order valence-electron chi connectivity index (χ0n) is 12.7. The van der Waals surface area contributed by atoms with Crippen LogP contribution < -0.4 is 9.47 Å². The van der Waals surface area contributed by atoms with Gasteiger partial charge in [-0.25, -0.2) is 0 Å². The van der Waals surface area contributed by atoms with Crippen molar-refractivity contribution in [2.75, 3.05) is 13.2 Å². The molecule has 2 rings (SSSR count). The number of halogens is 1. The Morgan fingerprint density at radius 2 is 1.76 bits per heavy atom. The quantitative estimate of drug-likeness (QED) is 0.656. The average Bonchev–Trinajstić information content (AvgIpc) is 2.43. The van der Waals surface area contributed by atoms with E-state index in [0.717, 1.165) is 16.0 Å². The smallest absolute Gasteiger partial charge is 0.123 e. The Morgan fingerprint density at radius 3 is 2.48 bits per heavy atom. The van der Waals surface area contributed by atoms with Crippen LogP contribution in [0.15, 0.2) is 46.9 Å². The van der Waals surface area contributed by atoms with Crippen molar-refractivity contribution in [2.45, 2.75) is 26.7 Å². The van der Waals surface area contributed by atoms with E-state index in [0.29, 0.717) is 19.1 Å². The van der Waals surface area contributed by atoms with Gasteiger partial charge in [0.25, 0.3) is 0 Å². The average molecular weight is 349 g/mol. The van der Waals surface area contributed by atoms with E-state index < -0.39 is 0 Å². The molecule has 0 unspecified atom stereocenters. The van der Waals surface area contributed by atoms with Gasteiger partial charge in [0.15, 0.2) is 0 Å². The monoisotopic (exact) mass is 348 g/mol. The Hall–Kier alpha value is -1.48. The van der Waals surface area contributed by atoms with E-state index in [1.54, 1.807) is 0 Å². The number of aryl methyl sites for hydroxylation is 1. The number of hydrogen-bond acceptors (Lipinski definition) is 2. The first-order valence-corrected chi connectivity index (χ1v) is 7.97. The minimum atomic E-state index is 0.451. The van der Waals surface area contributed by atoms with Crippen molar-refractivity contribution >= 4 is 15.9 Å². The summed E-state index contributed by atoms with van der Waals surface area (Å²) in [6, 6.07) is 14.2. The second-order valence-corrected chi connectivity index (χ2v) is 6.27. The van der Waals surface area contributed by atoms with Gasteiger partial charge in [0.1, 0.15) is 24.7 Å². The second-order valence-electron chi connectivity index (χ2n) is 5.35. The van der Waals surface area contributed by atoms with Gasteiger partial charge in [-0.1, -0.05) is 48.0 Å². The highest BCUT2D eigenvalue weighted by Crippen LogP contribution is 2.27. The maximum atomic E-state index is 5.89. The van der Waals surface area contributed by atoms with E-state index in [1.807, 2.05) is 24.3 Å². The minimum absolute atomic E-state index is 0.451. The first kappa shape index (κ1) is 15.9. The van der Waals surface area contributed by atoms with E-state index in [-0.39, 0.29) is 0 Å². The number of benzene rings is 2. The van der Waals surface area contributed by atoms with E-state index in [9.17, 15) is 0 Å². The molecule has 0 spiro atoms. The van der Waals surface area contributed by atoms with E-state index >= 15 is 0 Å². The highest BCUT2D eigenvalue weighted by molar-refractivity contribution is 9.10. The standard InChI is InChI=1S/C18H21BrO2/c1-13(2)17-8-7-14(3)11-18(17)21-10-9-20-16-6-4-5-15(19)12-16/h4-8,11-13H,9-10H2,1-3H3. The first-order chi connectivity index (χ1) is 10.1. The molecule has 2 aromatic carbocycles. The van der Waals surface area contributed by atoms with Gasteiger partial charge in [0, 0.05) is 4.47 Å². The molecule has 21 heavy (non-hydrogen) atoms. The molecule has 0 amide bonds. The van der Waals surface area contributed by atoms with E-state index in [1.165, 1.54) is 11.1 Å². The molecule has 112 valence electrons. The molecule has 3 heteroatoms. The summed E-state index contributed by atoms with van der Waals surface area (Å²) in [6.07, 6.45) is 0. The molecule has 0 N–H and O–H groups in total. The lowest BCUT2D eigenvalue weighted by atomic mass is 10.0. The molecule has 0 aliphatic rings. The second kappa shape index (κ2) is 7.51. The molecule has 2 aromatic rings. The highest BCUT2D eigenvalue weighted by atomic mass is 79.9. The lowest BCUT2D eigenvalue weighted by molar-refractivity contribution is 0.215. The predicted octanol–water partition coefficient (Wildman–Crippen LogP) is 5.34. The Kier molecular flexibility index (Phi) is 5.68. The number of hydrogen-bond donors (Lipinski definition) is 0. The molecule has 0 heterocycles. The normalized spacial score (nSPS) is 10.7. The summed E-state index contributed by atoms with van der Waals surface area (Å²) < 4.78 is 12.6. The molecular formula is C18H21BrO2. The van der Waals surface area contributed by atoms with Crippen LogP contribution >= 0.6 is 15.9 Å². The number of rotatable bonds is 6. The molecule has 0 aliphatic carbocycles. The first-order valence-electron chi connectivity index (χ1n) is 7.18. The van der Waals surface area contributed by atoms with Crippen molar-refractivity contribution < 1.29 is 9.47 Å². The van der Waals surface area contributed by atoms with Crippen LogP contribution in [0.5, 0.6) is 11.5 Å². The van der Waals surface area contributed by atoms with Gasteiger partial charge in [0.05, 0.1) is 0 Å². The molecule has 0 saturated heterocycles. The van der Waals surface area contributed by atoms with Gasteiger partial charge in [-0.2, -0.15) is 0 Å². The van der Waals surface area contributed by atoms with Crippen LogP contribution in [0.3, 0.4) is 0 Å². The summed E-state index contributed by atoms with van der Waals surface area (Å²) in [7, 11) is 0. The van der Waals surface area contributed by atoms with Gasteiger partial charge in [-0.3, -0.25) is 0 Å². The summed E-state index contributed by atoms with van der Waals surface area (Å²) in [4.78, 5) is 0. The maximum absolute atomic E-state index is 5.89. The Morgan fingerprint density at radius 1 is 1.00 bits per heavy atom. The van der Waals surface area contributed by atoms with Crippen molar-refractivity contribution in [1.82, 2.24) is 0 Å². The largest absolute Gasteiger partial charge is 0.490 e. The summed E-state index contributed by atoms with van der Waals surface area (Å²) in [5.74, 6) is 2.26. The summed E-state index contributed by atoms with van der Waals surface area (Å²) in [5, 5.41) is 0. The van der Waals surface area contributed by atoms with Crippen molar-refractivity contribution in [3.05, 3.63) is 58.1 Å². The molecule has 0 aliphatic heterocycles. The van der Waals surface area contributed by atoms with Crippen molar-refractivity contribution in [3.63, 3.8) is 0 Å². The molecule has 2 nitrogen and oxygen atoms in total. The van der Waals surface area contributed by atoms with E-state index in [4.69, 9.17) is 9.47 Å². The lowest BCUT2D eigenvalue weighted by Crippen LogP contribution is -2.10. The molecule has 0 saturated carbocycles. The third-order valence-corrected chi connectivity index (χ3v) is 3.69. The van der Waals surface area contributed by atoms with Crippen LogP contribution in [-0.2, 0) is 0 Å². The lowest BCUT2D eigenvalue weighted by Gasteiger charge is -2.15. The molecule has 0 bridgehead atoms. The Labute approximate surface area is 135 Å². The molecule has 0 radical (unpaired) electrons. The van der Waals surface area contributed by atoms with Gasteiger partial charge in [0.2, 0.25) is 0 Å². The minimum Gasteiger partial charge on any atom is -0.490 e. The Balaban J connectivity index is 1.90. The van der Waals surface area contributed by atoms with Crippen molar-refractivity contribution in [2.24, 2.45) is 0 Å². The summed E-state index contributed by atoms with van der Waals surface area (Å²) in [6.45, 7) is 7.50. The zero-order valence-corrected chi connectivity index (χ0v) is 14.3. The third-order valence-electron chi connectivity index (χ3n) is 3.20. The van der Waals surface area contributed by atoms with Crippen LogP contribution in [0, 0.1) is 6.92 Å². The fraction of sp³-hybridized carbons (Fsp3) is 0.333. The van der Waals surface area contributed by atoms with Gasteiger partial charge in [-0.15, -0.1) is 0 Å². The van der Waals surface area contributed by atoms with Gasteiger partial charge in [-0.05, 0) is 48.2 Å². The summed E-state index contributed by atoms with van der Waals surface area (Å²) in [5.41, 5.74) is 2.45. The van der Waals surface area contributed by atoms with Crippen LogP contribution in [0.25, 0.3) is 0 Å². The van der Waals surface area contributed by atoms with Gasteiger partial charge >= 0.3 is 0 Å². The fourth-order valence-corrected chi connectivity index (χ4v) is 2.49. The van der Waals surface area contributed by atoms with Gasteiger partial charge < -0.3 is 9.47 Å². The molecule has 0 aromatic heterocycles. The topological polar surface area (TPSA) is 18.5 Å². The molecule has 0 atom stereocenters. The van der Waals surface area contributed by atoms with E-state index in [2.05, 4.69) is 54.9 Å². The van der Waals surface area contributed by atoms with Crippen molar-refractivity contribution in [1.29, 1.82) is 0 Å². The predicted molar refractivity (Wildman–Crippen MR) is 90.4 cm³/mol. The molecule has 0 fully saturated rings. The number of ether oxygens (including phenoxy) is 2. The molecular weight excluding hydrogens is 328 g/mol. The van der Waals surface area contributed by atoms with Crippen LogP contribution in [0.2, 0.25) is 0 Å². The fourth-order valence-electron chi connectivity index (χ4n) is 2.11. The van der Waals surface area contributed by atoms with Crippen LogP contribution in [0.1, 0.15) is 30.9 Å². The van der Waals surface area contributed by atoms with Crippen LogP contribution in [-0.4, -0.2) is 13.2 Å². The maximum Gasteiger partial charge on any atom is 0.123 e. The van der Waals surface area contributed by atoms with Crippen LogP contribution in [0.4, 0.5) is 0 Å². The Bertz CT molecular complexity index is 594. The van der Waals surface area contributed by atoms with Crippen molar-refractivity contribution in [3.8, 4) is 11.5 Å². The SMILES string of the molecule is Cc1ccc(C(C)C)c(OCCOc2cccc(Br)c2)c1. The summed E-state index contributed by atoms with van der Waals surface area (Å²) >= 11 is 3.43. The highest BCUT2D eigenvalue weighted by Gasteiger charge is 2.08. The third kappa shape index (κ3) is 4.78.